The SMILES string of the molecule is COc1c(C)cnc(COc2ccc(-c3ncccc3N(C)Cc3ccncc3)cc2)c1C. The molecule has 0 aliphatic heterocycles. The molecular weight excluding hydrogens is 412 g/mol. The molecule has 0 saturated heterocycles. The van der Waals surface area contributed by atoms with Gasteiger partial charge in [0.05, 0.1) is 24.2 Å². The Bertz CT molecular complexity index is 1210. The molecule has 6 nitrogen and oxygen atoms in total. The van der Waals surface area contributed by atoms with Crippen LogP contribution in [0.4, 0.5) is 5.69 Å². The standard InChI is InChI=1S/C27H28N4O2/c1-19-16-30-24(20(2)27(19)32-4)18-33-23-9-7-22(8-10-23)26-25(6-5-13-29-26)31(3)17-21-11-14-28-15-12-21/h5-16H,17-18H2,1-4H3. The monoisotopic (exact) mass is 440 g/mol. The molecule has 0 unspecified atom stereocenters. The van der Waals surface area contributed by atoms with Crippen LogP contribution in [0.5, 0.6) is 11.5 Å². The van der Waals surface area contributed by atoms with Crippen molar-refractivity contribution in [1.82, 2.24) is 15.0 Å². The Morgan fingerprint density at radius 3 is 2.39 bits per heavy atom. The number of nitrogens with zero attached hydrogens (tertiary/aromatic N) is 4. The highest BCUT2D eigenvalue weighted by atomic mass is 16.5. The Balaban J connectivity index is 1.49. The van der Waals surface area contributed by atoms with Crippen LogP contribution in [-0.2, 0) is 13.2 Å². The third kappa shape index (κ3) is 5.12. The number of hydrogen-bond donors (Lipinski definition) is 0. The average Bonchev–Trinajstić information content (AvgIpc) is 2.85. The summed E-state index contributed by atoms with van der Waals surface area (Å²) in [5.74, 6) is 1.64. The quantitative estimate of drug-likeness (QED) is 0.367. The highest BCUT2D eigenvalue weighted by molar-refractivity contribution is 5.75. The lowest BCUT2D eigenvalue weighted by Gasteiger charge is -2.22. The molecule has 0 atom stereocenters. The molecular formula is C27H28N4O2. The van der Waals surface area contributed by atoms with E-state index >= 15 is 0 Å². The number of methoxy groups -OCH3 is 1. The van der Waals surface area contributed by atoms with E-state index in [1.54, 1.807) is 7.11 Å². The first kappa shape index (κ1) is 22.3. The van der Waals surface area contributed by atoms with Gasteiger partial charge >= 0.3 is 0 Å². The van der Waals surface area contributed by atoms with Gasteiger partial charge in [0.2, 0.25) is 0 Å². The second-order valence-corrected chi connectivity index (χ2v) is 7.94. The maximum Gasteiger partial charge on any atom is 0.131 e. The second kappa shape index (κ2) is 10.1. The van der Waals surface area contributed by atoms with Crippen LogP contribution in [-0.4, -0.2) is 29.1 Å². The summed E-state index contributed by atoms with van der Waals surface area (Å²) in [6, 6.07) is 16.1. The summed E-state index contributed by atoms with van der Waals surface area (Å²) in [6.07, 6.45) is 7.27. The topological polar surface area (TPSA) is 60.4 Å². The number of aryl methyl sites for hydroxylation is 1. The Kier molecular flexibility index (Phi) is 6.83. The van der Waals surface area contributed by atoms with Gasteiger partial charge in [-0.05, 0) is 67.9 Å². The summed E-state index contributed by atoms with van der Waals surface area (Å²) < 4.78 is 11.5. The molecule has 168 valence electrons. The Morgan fingerprint density at radius 1 is 0.909 bits per heavy atom. The predicted octanol–water partition coefficient (Wildman–Crippen LogP) is 5.38. The molecule has 3 aromatic heterocycles. The number of ether oxygens (including phenoxy) is 2. The van der Waals surface area contributed by atoms with Crippen molar-refractivity contribution in [2.45, 2.75) is 27.0 Å². The second-order valence-electron chi connectivity index (χ2n) is 7.94. The summed E-state index contributed by atoms with van der Waals surface area (Å²) >= 11 is 0. The van der Waals surface area contributed by atoms with E-state index in [4.69, 9.17) is 9.47 Å². The van der Waals surface area contributed by atoms with E-state index in [9.17, 15) is 0 Å². The number of pyridine rings is 3. The van der Waals surface area contributed by atoms with E-state index in [0.717, 1.165) is 51.8 Å². The van der Waals surface area contributed by atoms with Crippen LogP contribution in [0.15, 0.2) is 73.3 Å². The van der Waals surface area contributed by atoms with Gasteiger partial charge in [-0.2, -0.15) is 0 Å². The lowest BCUT2D eigenvalue weighted by atomic mass is 10.1. The fourth-order valence-corrected chi connectivity index (χ4v) is 3.85. The van der Waals surface area contributed by atoms with Gasteiger partial charge in [0.1, 0.15) is 18.1 Å². The van der Waals surface area contributed by atoms with E-state index in [1.807, 2.05) is 81.1 Å². The van der Waals surface area contributed by atoms with E-state index in [-0.39, 0.29) is 0 Å². The molecule has 0 saturated carbocycles. The highest BCUT2D eigenvalue weighted by Crippen LogP contribution is 2.30. The van der Waals surface area contributed by atoms with Crippen LogP contribution in [0.2, 0.25) is 0 Å². The number of benzene rings is 1. The Labute approximate surface area is 194 Å². The molecule has 3 heterocycles. The zero-order valence-corrected chi connectivity index (χ0v) is 19.4. The third-order valence-electron chi connectivity index (χ3n) is 5.62. The summed E-state index contributed by atoms with van der Waals surface area (Å²) in [6.45, 7) is 5.15. The van der Waals surface area contributed by atoms with Crippen molar-refractivity contribution in [3.8, 4) is 22.8 Å². The molecule has 0 amide bonds. The molecule has 4 aromatic rings. The van der Waals surface area contributed by atoms with E-state index in [1.165, 1.54) is 5.56 Å². The molecule has 4 rings (SSSR count). The minimum atomic E-state index is 0.380. The fourth-order valence-electron chi connectivity index (χ4n) is 3.85. The van der Waals surface area contributed by atoms with Gasteiger partial charge in [0, 0.05) is 55.1 Å². The maximum absolute atomic E-state index is 6.01. The predicted molar refractivity (Wildman–Crippen MR) is 131 cm³/mol. The first-order valence-corrected chi connectivity index (χ1v) is 10.8. The zero-order valence-electron chi connectivity index (χ0n) is 19.4. The minimum Gasteiger partial charge on any atom is -0.496 e. The van der Waals surface area contributed by atoms with Gasteiger partial charge < -0.3 is 14.4 Å². The molecule has 0 N–H and O–H groups in total. The van der Waals surface area contributed by atoms with Gasteiger partial charge in [0.15, 0.2) is 0 Å². The van der Waals surface area contributed by atoms with Crippen molar-refractivity contribution >= 4 is 5.69 Å². The van der Waals surface area contributed by atoms with Gasteiger partial charge in [-0.25, -0.2) is 0 Å². The molecule has 6 heteroatoms. The van der Waals surface area contributed by atoms with E-state index in [0.29, 0.717) is 6.61 Å². The Hall–Kier alpha value is -3.93. The molecule has 0 bridgehead atoms. The van der Waals surface area contributed by atoms with Gasteiger partial charge in [0.25, 0.3) is 0 Å². The fraction of sp³-hybridized carbons (Fsp3) is 0.222. The maximum atomic E-state index is 6.01. The van der Waals surface area contributed by atoms with Crippen LogP contribution >= 0.6 is 0 Å². The highest BCUT2D eigenvalue weighted by Gasteiger charge is 2.13. The lowest BCUT2D eigenvalue weighted by Crippen LogP contribution is -2.17. The number of hydrogen-bond acceptors (Lipinski definition) is 6. The minimum absolute atomic E-state index is 0.380. The summed E-state index contributed by atoms with van der Waals surface area (Å²) in [4.78, 5) is 15.5. The number of aromatic nitrogens is 3. The summed E-state index contributed by atoms with van der Waals surface area (Å²) in [5, 5.41) is 0. The van der Waals surface area contributed by atoms with Crippen LogP contribution in [0, 0.1) is 13.8 Å². The number of anilines is 1. The molecule has 0 aliphatic carbocycles. The van der Waals surface area contributed by atoms with Crippen LogP contribution in [0.3, 0.4) is 0 Å². The lowest BCUT2D eigenvalue weighted by molar-refractivity contribution is 0.299. The summed E-state index contributed by atoms with van der Waals surface area (Å²) in [5.41, 5.74) is 7.11. The van der Waals surface area contributed by atoms with Crippen LogP contribution in [0.25, 0.3) is 11.3 Å². The first-order chi connectivity index (χ1) is 16.1. The van der Waals surface area contributed by atoms with Crippen molar-refractivity contribution in [3.63, 3.8) is 0 Å². The van der Waals surface area contributed by atoms with Crippen molar-refractivity contribution in [2.75, 3.05) is 19.1 Å². The molecule has 1 aromatic carbocycles. The van der Waals surface area contributed by atoms with Gasteiger partial charge in [-0.3, -0.25) is 15.0 Å². The van der Waals surface area contributed by atoms with Crippen molar-refractivity contribution in [2.24, 2.45) is 0 Å². The average molecular weight is 441 g/mol. The van der Waals surface area contributed by atoms with E-state index < -0.39 is 0 Å². The molecule has 0 aliphatic rings. The number of rotatable bonds is 8. The van der Waals surface area contributed by atoms with Crippen LogP contribution < -0.4 is 14.4 Å². The molecule has 0 fully saturated rings. The normalized spacial score (nSPS) is 10.7. The summed E-state index contributed by atoms with van der Waals surface area (Å²) in [7, 11) is 3.75. The van der Waals surface area contributed by atoms with Gasteiger partial charge in [-0.15, -0.1) is 0 Å². The smallest absolute Gasteiger partial charge is 0.131 e. The Morgan fingerprint density at radius 2 is 1.67 bits per heavy atom. The van der Waals surface area contributed by atoms with Crippen molar-refractivity contribution in [1.29, 1.82) is 0 Å². The van der Waals surface area contributed by atoms with E-state index in [2.05, 4.69) is 33.0 Å². The largest absolute Gasteiger partial charge is 0.496 e. The van der Waals surface area contributed by atoms with Crippen molar-refractivity contribution < 1.29 is 9.47 Å². The molecule has 0 spiro atoms. The van der Waals surface area contributed by atoms with Gasteiger partial charge in [-0.1, -0.05) is 0 Å². The molecule has 33 heavy (non-hydrogen) atoms. The molecule has 0 radical (unpaired) electrons. The van der Waals surface area contributed by atoms with Crippen molar-refractivity contribution in [3.05, 3.63) is 95.7 Å². The zero-order chi connectivity index (χ0) is 23.2. The van der Waals surface area contributed by atoms with Crippen LogP contribution in [0.1, 0.15) is 22.4 Å². The third-order valence-corrected chi connectivity index (χ3v) is 5.62. The first-order valence-electron chi connectivity index (χ1n) is 10.8.